The number of anilines is 1. The SMILES string of the molecule is COc1ccc(-c2cc(C(F)(F)F)n3nc(C(=O)Nc4ccn(C)n4)cc3n2)cc1. The van der Waals surface area contributed by atoms with Crippen molar-refractivity contribution in [3.63, 3.8) is 0 Å². The molecule has 4 aromatic rings. The van der Waals surface area contributed by atoms with E-state index in [2.05, 4.69) is 20.5 Å². The minimum Gasteiger partial charge on any atom is -0.497 e. The van der Waals surface area contributed by atoms with Gasteiger partial charge in [-0.15, -0.1) is 0 Å². The highest BCUT2D eigenvalue weighted by atomic mass is 19.4. The molecule has 30 heavy (non-hydrogen) atoms. The van der Waals surface area contributed by atoms with Crippen LogP contribution in [0.15, 0.2) is 48.7 Å². The number of carbonyl (C=O) groups is 1. The molecule has 0 atom stereocenters. The number of nitrogens with one attached hydrogen (secondary N) is 1. The Bertz CT molecular complexity index is 1230. The van der Waals surface area contributed by atoms with Gasteiger partial charge >= 0.3 is 6.18 Å². The second-order valence-electron chi connectivity index (χ2n) is 6.38. The van der Waals surface area contributed by atoms with Crippen LogP contribution in [0, 0.1) is 0 Å². The molecule has 0 bridgehead atoms. The van der Waals surface area contributed by atoms with Crippen LogP contribution >= 0.6 is 0 Å². The lowest BCUT2D eigenvalue weighted by molar-refractivity contribution is -0.142. The molecule has 1 aromatic carbocycles. The van der Waals surface area contributed by atoms with Crippen molar-refractivity contribution in [2.24, 2.45) is 7.05 Å². The number of aryl methyl sites for hydroxylation is 1. The first-order valence-corrected chi connectivity index (χ1v) is 8.68. The standard InChI is InChI=1S/C19H15F3N6O2/c1-27-8-7-16(26-27)24-18(29)14-10-17-23-13(11-3-5-12(30-2)6-4-11)9-15(19(20,21)22)28(17)25-14/h3-10H,1-2H3,(H,24,26,29). The number of methoxy groups -OCH3 is 1. The molecule has 1 N–H and O–H groups in total. The number of ether oxygens (including phenoxy) is 1. The Morgan fingerprint density at radius 3 is 2.43 bits per heavy atom. The van der Waals surface area contributed by atoms with Crippen molar-refractivity contribution in [2.75, 3.05) is 12.4 Å². The summed E-state index contributed by atoms with van der Waals surface area (Å²) in [6, 6.07) is 10.1. The van der Waals surface area contributed by atoms with E-state index < -0.39 is 17.8 Å². The maximum atomic E-state index is 13.7. The van der Waals surface area contributed by atoms with E-state index in [1.807, 2.05) is 0 Å². The Hall–Kier alpha value is -3.89. The molecule has 0 unspecified atom stereocenters. The van der Waals surface area contributed by atoms with Gasteiger partial charge in [-0.05, 0) is 30.3 Å². The van der Waals surface area contributed by atoms with Crippen molar-refractivity contribution >= 4 is 17.4 Å². The normalized spacial score (nSPS) is 11.6. The van der Waals surface area contributed by atoms with Crippen molar-refractivity contribution in [3.8, 4) is 17.0 Å². The summed E-state index contributed by atoms with van der Waals surface area (Å²) in [6.07, 6.45) is -3.09. The van der Waals surface area contributed by atoms with E-state index in [1.54, 1.807) is 43.6 Å². The van der Waals surface area contributed by atoms with Gasteiger partial charge in [0, 0.05) is 30.9 Å². The van der Waals surface area contributed by atoms with Crippen molar-refractivity contribution in [2.45, 2.75) is 6.18 Å². The van der Waals surface area contributed by atoms with Gasteiger partial charge in [0.2, 0.25) is 0 Å². The van der Waals surface area contributed by atoms with E-state index >= 15 is 0 Å². The molecular weight excluding hydrogens is 401 g/mol. The zero-order valence-corrected chi connectivity index (χ0v) is 15.8. The summed E-state index contributed by atoms with van der Waals surface area (Å²) in [6.45, 7) is 0. The first kappa shape index (κ1) is 19.4. The lowest BCUT2D eigenvalue weighted by Gasteiger charge is -2.11. The van der Waals surface area contributed by atoms with Gasteiger partial charge in [-0.25, -0.2) is 9.50 Å². The molecule has 154 valence electrons. The van der Waals surface area contributed by atoms with Gasteiger partial charge in [0.05, 0.1) is 12.8 Å². The molecule has 0 fully saturated rings. The molecule has 11 heteroatoms. The van der Waals surface area contributed by atoms with E-state index in [1.165, 1.54) is 17.9 Å². The summed E-state index contributed by atoms with van der Waals surface area (Å²) in [5, 5.41) is 10.3. The van der Waals surface area contributed by atoms with Crippen LogP contribution in [-0.2, 0) is 13.2 Å². The molecule has 0 aliphatic carbocycles. The van der Waals surface area contributed by atoms with Crippen LogP contribution in [0.3, 0.4) is 0 Å². The zero-order valence-electron chi connectivity index (χ0n) is 15.8. The number of halogens is 3. The molecule has 0 saturated carbocycles. The van der Waals surface area contributed by atoms with Crippen LogP contribution in [0.2, 0.25) is 0 Å². The molecular formula is C19H15F3N6O2. The van der Waals surface area contributed by atoms with E-state index in [0.29, 0.717) is 15.8 Å². The highest BCUT2D eigenvalue weighted by molar-refractivity contribution is 6.03. The lowest BCUT2D eigenvalue weighted by atomic mass is 10.1. The Morgan fingerprint density at radius 1 is 1.10 bits per heavy atom. The third-order valence-electron chi connectivity index (χ3n) is 4.29. The number of alkyl halides is 3. The monoisotopic (exact) mass is 416 g/mol. The number of hydrogen-bond acceptors (Lipinski definition) is 5. The van der Waals surface area contributed by atoms with E-state index in [4.69, 9.17) is 4.74 Å². The molecule has 0 aliphatic rings. The third-order valence-corrected chi connectivity index (χ3v) is 4.29. The van der Waals surface area contributed by atoms with Gasteiger partial charge in [0.1, 0.15) is 5.75 Å². The van der Waals surface area contributed by atoms with E-state index in [0.717, 1.165) is 6.07 Å². The average molecular weight is 416 g/mol. The van der Waals surface area contributed by atoms with Gasteiger partial charge in [0.15, 0.2) is 22.9 Å². The predicted molar refractivity (Wildman–Crippen MR) is 101 cm³/mol. The molecule has 0 radical (unpaired) electrons. The minimum absolute atomic E-state index is 0.0917. The average Bonchev–Trinajstić information content (AvgIpc) is 3.32. The Morgan fingerprint density at radius 2 is 1.83 bits per heavy atom. The largest absolute Gasteiger partial charge is 0.497 e. The second kappa shape index (κ2) is 7.17. The second-order valence-corrected chi connectivity index (χ2v) is 6.38. The predicted octanol–water partition coefficient (Wildman–Crippen LogP) is 3.41. The quantitative estimate of drug-likeness (QED) is 0.551. The van der Waals surface area contributed by atoms with Crippen LogP contribution in [-0.4, -0.2) is 37.4 Å². The number of benzene rings is 1. The molecule has 3 heterocycles. The first-order valence-electron chi connectivity index (χ1n) is 8.68. The molecule has 4 rings (SSSR count). The summed E-state index contributed by atoms with van der Waals surface area (Å²) in [4.78, 5) is 16.7. The third kappa shape index (κ3) is 3.69. The maximum absolute atomic E-state index is 13.7. The molecule has 0 aliphatic heterocycles. The highest BCUT2D eigenvalue weighted by Crippen LogP contribution is 2.32. The maximum Gasteiger partial charge on any atom is 0.433 e. The minimum atomic E-state index is -4.71. The number of hydrogen-bond donors (Lipinski definition) is 1. The van der Waals surface area contributed by atoms with Gasteiger partial charge in [-0.1, -0.05) is 0 Å². The van der Waals surface area contributed by atoms with Crippen LogP contribution < -0.4 is 10.1 Å². The van der Waals surface area contributed by atoms with Gasteiger partial charge in [-0.2, -0.15) is 23.4 Å². The summed E-state index contributed by atoms with van der Waals surface area (Å²) >= 11 is 0. The summed E-state index contributed by atoms with van der Waals surface area (Å²) in [5.74, 6) is 0.120. The Kier molecular flexibility index (Phi) is 4.65. The van der Waals surface area contributed by atoms with Crippen molar-refractivity contribution in [1.29, 1.82) is 0 Å². The fourth-order valence-electron chi connectivity index (χ4n) is 2.86. The number of fused-ring (bicyclic) bond motifs is 1. The Labute approximate surface area is 167 Å². The molecule has 0 spiro atoms. The lowest BCUT2D eigenvalue weighted by Crippen LogP contribution is -2.16. The summed E-state index contributed by atoms with van der Waals surface area (Å²) in [7, 11) is 3.16. The number of amides is 1. The molecule has 8 nitrogen and oxygen atoms in total. The summed E-state index contributed by atoms with van der Waals surface area (Å²) < 4.78 is 48.2. The van der Waals surface area contributed by atoms with E-state index in [9.17, 15) is 18.0 Å². The highest BCUT2D eigenvalue weighted by Gasteiger charge is 2.35. The van der Waals surface area contributed by atoms with Crippen LogP contribution in [0.1, 0.15) is 16.2 Å². The van der Waals surface area contributed by atoms with Gasteiger partial charge in [-0.3, -0.25) is 9.48 Å². The van der Waals surface area contributed by atoms with Crippen LogP contribution in [0.25, 0.3) is 16.9 Å². The number of carbonyl (C=O) groups excluding carboxylic acids is 1. The first-order chi connectivity index (χ1) is 14.2. The van der Waals surface area contributed by atoms with Gasteiger partial charge < -0.3 is 10.1 Å². The van der Waals surface area contributed by atoms with Crippen molar-refractivity contribution in [1.82, 2.24) is 24.4 Å². The fraction of sp³-hybridized carbons (Fsp3) is 0.158. The van der Waals surface area contributed by atoms with Crippen molar-refractivity contribution in [3.05, 3.63) is 60.0 Å². The van der Waals surface area contributed by atoms with Gasteiger partial charge in [0.25, 0.3) is 5.91 Å². The number of aromatic nitrogens is 5. The Balaban J connectivity index is 1.78. The summed E-state index contributed by atoms with van der Waals surface area (Å²) in [5.41, 5.74) is -0.818. The molecule has 1 amide bonds. The molecule has 0 saturated heterocycles. The topological polar surface area (TPSA) is 86.3 Å². The molecule has 3 aromatic heterocycles. The van der Waals surface area contributed by atoms with Crippen LogP contribution in [0.4, 0.5) is 19.0 Å². The zero-order chi connectivity index (χ0) is 21.5. The number of nitrogens with zero attached hydrogens (tertiary/aromatic N) is 5. The fourth-order valence-corrected chi connectivity index (χ4v) is 2.86. The smallest absolute Gasteiger partial charge is 0.433 e. The van der Waals surface area contributed by atoms with Crippen LogP contribution in [0.5, 0.6) is 5.75 Å². The number of rotatable bonds is 4. The van der Waals surface area contributed by atoms with E-state index in [-0.39, 0.29) is 22.9 Å². The van der Waals surface area contributed by atoms with Crippen molar-refractivity contribution < 1.29 is 22.7 Å².